The summed E-state index contributed by atoms with van der Waals surface area (Å²) < 4.78 is 24.7. The van der Waals surface area contributed by atoms with E-state index in [1.54, 1.807) is 12.3 Å². The summed E-state index contributed by atoms with van der Waals surface area (Å²) in [5, 5.41) is 9.52. The molecule has 5 rings (SSSR count). The van der Waals surface area contributed by atoms with Gasteiger partial charge in [-0.2, -0.15) is 0 Å². The van der Waals surface area contributed by atoms with Gasteiger partial charge in [-0.25, -0.2) is 14.2 Å². The molecular formula is C22H23ClFN5O3S. The number of fused-ring (bicyclic) bond motifs is 2. The number of halogens is 2. The molecule has 33 heavy (non-hydrogen) atoms. The van der Waals surface area contributed by atoms with Crippen molar-refractivity contribution in [2.75, 3.05) is 40.0 Å². The van der Waals surface area contributed by atoms with Crippen LogP contribution < -0.4 is 10.6 Å². The van der Waals surface area contributed by atoms with Crippen molar-refractivity contribution in [3.8, 4) is 0 Å². The zero-order chi connectivity index (χ0) is 22.9. The third-order valence-electron chi connectivity index (χ3n) is 6.08. The number of hydrogen-bond donors (Lipinski definition) is 2. The Bertz CT molecular complexity index is 1090. The van der Waals surface area contributed by atoms with Crippen LogP contribution in [0.25, 0.3) is 0 Å². The van der Waals surface area contributed by atoms with Gasteiger partial charge in [-0.15, -0.1) is 11.3 Å². The standard InChI is InChI=1S/C22H23ClFN5O3S/c1-31-22(30)18-17(9-29-13-7-25-8-14(29)11-32-10-13)27-20(21-26-4-5-33-21)28-19(18)15-3-2-12(24)6-16(15)23/h2-6,13-14,19,25H,7-11H2,1H3,(H,27,28). The number of nitrogens with one attached hydrogen (secondary N) is 2. The van der Waals surface area contributed by atoms with Gasteiger partial charge in [-0.05, 0) is 12.1 Å². The van der Waals surface area contributed by atoms with Crippen molar-refractivity contribution in [2.45, 2.75) is 18.1 Å². The third kappa shape index (κ3) is 4.41. The van der Waals surface area contributed by atoms with Crippen molar-refractivity contribution in [3.05, 3.63) is 62.5 Å². The van der Waals surface area contributed by atoms with Crippen LogP contribution in [-0.2, 0) is 14.3 Å². The summed E-state index contributed by atoms with van der Waals surface area (Å²) in [7, 11) is 1.34. The Balaban J connectivity index is 1.61. The second-order valence-corrected chi connectivity index (χ2v) is 9.37. The molecule has 2 fully saturated rings. The van der Waals surface area contributed by atoms with Crippen molar-refractivity contribution in [1.29, 1.82) is 0 Å². The van der Waals surface area contributed by atoms with Crippen LogP contribution in [0.3, 0.4) is 0 Å². The van der Waals surface area contributed by atoms with Crippen LogP contribution in [-0.4, -0.2) is 73.7 Å². The number of thiazole rings is 1. The van der Waals surface area contributed by atoms with Gasteiger partial charge < -0.3 is 20.1 Å². The molecule has 3 unspecified atom stereocenters. The summed E-state index contributed by atoms with van der Waals surface area (Å²) in [5.41, 5.74) is 1.55. The van der Waals surface area contributed by atoms with Crippen LogP contribution in [0.2, 0.25) is 5.02 Å². The van der Waals surface area contributed by atoms with E-state index >= 15 is 0 Å². The van der Waals surface area contributed by atoms with E-state index in [2.05, 4.69) is 20.5 Å². The molecule has 3 aliphatic rings. The van der Waals surface area contributed by atoms with Gasteiger partial charge in [-0.1, -0.05) is 17.7 Å². The van der Waals surface area contributed by atoms with Crippen molar-refractivity contribution in [1.82, 2.24) is 20.5 Å². The number of carbonyl (C=O) groups is 1. The summed E-state index contributed by atoms with van der Waals surface area (Å²) in [6, 6.07) is 3.70. The quantitative estimate of drug-likeness (QED) is 0.619. The van der Waals surface area contributed by atoms with E-state index in [-0.39, 0.29) is 17.1 Å². The molecule has 0 saturated carbocycles. The molecule has 0 aliphatic carbocycles. The largest absolute Gasteiger partial charge is 0.466 e. The molecule has 1 aromatic carbocycles. The van der Waals surface area contributed by atoms with Crippen LogP contribution in [0.15, 0.2) is 46.0 Å². The normalized spacial score (nSPS) is 25.4. The Morgan fingerprint density at radius 2 is 2.15 bits per heavy atom. The fourth-order valence-corrected chi connectivity index (χ4v) is 5.37. The minimum atomic E-state index is -0.764. The zero-order valence-corrected chi connectivity index (χ0v) is 19.5. The lowest BCUT2D eigenvalue weighted by molar-refractivity contribution is -0.136. The molecule has 3 atom stereocenters. The summed E-state index contributed by atoms with van der Waals surface area (Å²) in [6.07, 6.45) is 1.70. The maximum Gasteiger partial charge on any atom is 0.338 e. The fourth-order valence-electron chi connectivity index (χ4n) is 4.51. The average molecular weight is 492 g/mol. The Kier molecular flexibility index (Phi) is 6.44. The topological polar surface area (TPSA) is 88.1 Å². The molecule has 2 bridgehead atoms. The van der Waals surface area contributed by atoms with Crippen molar-refractivity contribution in [3.63, 3.8) is 0 Å². The second kappa shape index (κ2) is 9.47. The average Bonchev–Trinajstić information content (AvgIpc) is 3.33. The first-order valence-corrected chi connectivity index (χ1v) is 11.9. The Morgan fingerprint density at radius 1 is 1.36 bits per heavy atom. The van der Waals surface area contributed by atoms with Crippen molar-refractivity contribution in [2.24, 2.45) is 4.99 Å². The lowest BCUT2D eigenvalue weighted by Gasteiger charge is -2.46. The Labute approximate surface area is 199 Å². The van der Waals surface area contributed by atoms with Crippen LogP contribution in [0.4, 0.5) is 4.39 Å². The molecule has 2 aromatic rings. The summed E-state index contributed by atoms with van der Waals surface area (Å²) in [4.78, 5) is 24.6. The predicted molar refractivity (Wildman–Crippen MR) is 123 cm³/mol. The highest BCUT2D eigenvalue weighted by atomic mass is 35.5. The smallest absolute Gasteiger partial charge is 0.338 e. The molecule has 11 heteroatoms. The van der Waals surface area contributed by atoms with Crippen molar-refractivity contribution < 1.29 is 18.7 Å². The lowest BCUT2D eigenvalue weighted by atomic mass is 9.94. The lowest BCUT2D eigenvalue weighted by Crippen LogP contribution is -2.64. The highest BCUT2D eigenvalue weighted by molar-refractivity contribution is 7.11. The van der Waals surface area contributed by atoms with E-state index in [0.717, 1.165) is 13.1 Å². The number of amidine groups is 1. The summed E-state index contributed by atoms with van der Waals surface area (Å²) in [6.45, 7) is 3.32. The first-order valence-electron chi connectivity index (χ1n) is 10.6. The number of benzene rings is 1. The van der Waals surface area contributed by atoms with E-state index in [1.807, 2.05) is 5.38 Å². The molecule has 0 spiro atoms. The molecule has 174 valence electrons. The van der Waals surface area contributed by atoms with Gasteiger partial charge in [0.2, 0.25) is 0 Å². The molecule has 8 nitrogen and oxygen atoms in total. The monoisotopic (exact) mass is 491 g/mol. The Hall–Kier alpha value is -2.37. The molecular weight excluding hydrogens is 469 g/mol. The van der Waals surface area contributed by atoms with Crippen molar-refractivity contribution >= 4 is 34.7 Å². The highest BCUT2D eigenvalue weighted by Gasteiger charge is 2.39. The van der Waals surface area contributed by atoms with E-state index in [9.17, 15) is 9.18 Å². The maximum atomic E-state index is 13.8. The van der Waals surface area contributed by atoms with E-state index in [4.69, 9.17) is 26.1 Å². The van der Waals surface area contributed by atoms with Gasteiger partial charge in [0.05, 0.1) is 25.9 Å². The summed E-state index contributed by atoms with van der Waals surface area (Å²) in [5.74, 6) is -0.435. The molecule has 0 radical (unpaired) electrons. The second-order valence-electron chi connectivity index (χ2n) is 8.07. The van der Waals surface area contributed by atoms with Crippen LogP contribution in [0.5, 0.6) is 0 Å². The van der Waals surface area contributed by atoms with Gasteiger partial charge in [0.15, 0.2) is 10.8 Å². The maximum absolute atomic E-state index is 13.8. The van der Waals surface area contributed by atoms with Gasteiger partial charge in [0.1, 0.15) is 11.9 Å². The number of nitrogens with zero attached hydrogens (tertiary/aromatic N) is 3. The first-order chi connectivity index (χ1) is 16.0. The molecule has 4 heterocycles. The van der Waals surface area contributed by atoms with E-state index in [0.29, 0.717) is 47.4 Å². The van der Waals surface area contributed by atoms with E-state index in [1.165, 1.54) is 30.6 Å². The minimum Gasteiger partial charge on any atom is -0.466 e. The number of piperazine rings is 1. The minimum absolute atomic E-state index is 0.181. The number of rotatable bonds is 5. The van der Waals surface area contributed by atoms with Crippen LogP contribution >= 0.6 is 22.9 Å². The van der Waals surface area contributed by atoms with E-state index < -0.39 is 17.8 Å². The van der Waals surface area contributed by atoms with Gasteiger partial charge in [0, 0.05) is 59.6 Å². The molecule has 1 aromatic heterocycles. The molecule has 2 N–H and O–H groups in total. The predicted octanol–water partition coefficient (Wildman–Crippen LogP) is 2.13. The van der Waals surface area contributed by atoms with Crippen LogP contribution in [0, 0.1) is 5.82 Å². The number of morpholine rings is 1. The van der Waals surface area contributed by atoms with Gasteiger partial charge in [0.25, 0.3) is 0 Å². The Morgan fingerprint density at radius 3 is 2.82 bits per heavy atom. The number of aliphatic imine (C=N–C) groups is 1. The first kappa shape index (κ1) is 22.4. The molecule has 0 amide bonds. The summed E-state index contributed by atoms with van der Waals surface area (Å²) >= 11 is 7.85. The molecule has 2 saturated heterocycles. The number of ether oxygens (including phenoxy) is 2. The number of aromatic nitrogens is 1. The highest BCUT2D eigenvalue weighted by Crippen LogP contribution is 2.37. The fraction of sp³-hybridized carbons (Fsp3) is 0.409. The number of methoxy groups -OCH3 is 1. The SMILES string of the molecule is COC(=O)C1=C(CN2C3CNCC2COC3)NC(c2nccs2)=NC1c1ccc(F)cc1Cl. The van der Waals surface area contributed by atoms with Gasteiger partial charge >= 0.3 is 5.97 Å². The third-order valence-corrected chi connectivity index (χ3v) is 7.19. The number of carbonyl (C=O) groups excluding carboxylic acids is 1. The molecule has 3 aliphatic heterocycles. The number of esters is 1. The number of hydrogen-bond acceptors (Lipinski definition) is 9. The van der Waals surface area contributed by atoms with Gasteiger partial charge in [-0.3, -0.25) is 9.89 Å². The van der Waals surface area contributed by atoms with Crippen LogP contribution in [0.1, 0.15) is 16.6 Å². The zero-order valence-electron chi connectivity index (χ0n) is 17.9.